The van der Waals surface area contributed by atoms with Crippen molar-refractivity contribution in [3.63, 3.8) is 0 Å². The third-order valence-electron chi connectivity index (χ3n) is 9.95. The predicted molar refractivity (Wildman–Crippen MR) is 193 cm³/mol. The fraction of sp³-hybridized carbons (Fsp3) is 0.650. The summed E-state index contributed by atoms with van der Waals surface area (Å²) in [5, 5.41) is 5.84. The van der Waals surface area contributed by atoms with Crippen LogP contribution in [0.4, 0.5) is 9.59 Å². The van der Waals surface area contributed by atoms with Crippen molar-refractivity contribution in [2.45, 2.75) is 131 Å². The van der Waals surface area contributed by atoms with E-state index >= 15 is 0 Å². The molecular weight excluding hydrogens is 572 g/mol. The van der Waals surface area contributed by atoms with Gasteiger partial charge < -0.3 is 20.1 Å². The summed E-state index contributed by atoms with van der Waals surface area (Å²) in [5.41, 5.74) is 2.03. The second-order valence-corrected chi connectivity index (χ2v) is 14.4. The largest absolute Gasteiger partial charge is 0.450 e. The lowest BCUT2D eigenvalue weighted by molar-refractivity contribution is -0.00188. The number of rotatable bonds is 20. The molecule has 2 amide bonds. The van der Waals surface area contributed by atoms with Gasteiger partial charge in [-0.3, -0.25) is 0 Å². The van der Waals surface area contributed by atoms with Crippen LogP contribution >= 0.6 is 0 Å². The normalized spacial score (nSPS) is 18.3. The van der Waals surface area contributed by atoms with Crippen molar-refractivity contribution in [1.29, 1.82) is 0 Å². The van der Waals surface area contributed by atoms with Gasteiger partial charge in [0, 0.05) is 13.1 Å². The lowest BCUT2D eigenvalue weighted by atomic mass is 9.62. The summed E-state index contributed by atoms with van der Waals surface area (Å²) < 4.78 is 11.6. The van der Waals surface area contributed by atoms with Crippen LogP contribution in [0.15, 0.2) is 71.9 Å². The average Bonchev–Trinajstić information content (AvgIpc) is 3.47. The lowest BCUT2D eigenvalue weighted by Gasteiger charge is -2.44. The minimum absolute atomic E-state index is 0.136. The molecule has 258 valence electrons. The van der Waals surface area contributed by atoms with Gasteiger partial charge in [0.15, 0.2) is 0 Å². The fourth-order valence-corrected chi connectivity index (χ4v) is 6.67. The van der Waals surface area contributed by atoms with E-state index in [9.17, 15) is 9.59 Å². The maximum Gasteiger partial charge on any atom is 0.407 e. The van der Waals surface area contributed by atoms with Crippen molar-refractivity contribution in [3.8, 4) is 0 Å². The zero-order valence-corrected chi connectivity index (χ0v) is 30.1. The maximum atomic E-state index is 12.8. The summed E-state index contributed by atoms with van der Waals surface area (Å²) in [6, 6.07) is 0. The van der Waals surface area contributed by atoms with Crippen molar-refractivity contribution < 1.29 is 19.1 Å². The van der Waals surface area contributed by atoms with Crippen LogP contribution in [-0.4, -0.2) is 37.5 Å². The van der Waals surface area contributed by atoms with Gasteiger partial charge in [0.2, 0.25) is 0 Å². The highest BCUT2D eigenvalue weighted by Gasteiger charge is 2.38. The van der Waals surface area contributed by atoms with Gasteiger partial charge in [-0.2, -0.15) is 0 Å². The third kappa shape index (κ3) is 15.0. The third-order valence-corrected chi connectivity index (χ3v) is 9.95. The SMILES string of the molecule is CCC(C)(CCC(C)(CC)OC(=O)NCC1=CCC=CC=C1)CC(CC)(CCCCOC(=O)NCC1=CCC=CC=C1)CC(C)C. The molecule has 0 saturated heterocycles. The number of carbonyl (C=O) groups is 2. The number of allylic oxidation sites excluding steroid dienone is 8. The zero-order valence-electron chi connectivity index (χ0n) is 30.1. The Labute approximate surface area is 280 Å². The zero-order chi connectivity index (χ0) is 33.9. The molecule has 0 aromatic carbocycles. The smallest absolute Gasteiger partial charge is 0.407 e. The van der Waals surface area contributed by atoms with Crippen molar-refractivity contribution in [1.82, 2.24) is 10.6 Å². The summed E-state index contributed by atoms with van der Waals surface area (Å²) in [6.45, 7) is 17.3. The van der Waals surface area contributed by atoms with E-state index in [1.54, 1.807) is 0 Å². The Morgan fingerprint density at radius 3 is 1.93 bits per heavy atom. The Balaban J connectivity index is 1.89. The number of unbranched alkanes of at least 4 members (excludes halogenated alkanes) is 1. The number of hydrogen-bond donors (Lipinski definition) is 2. The van der Waals surface area contributed by atoms with Crippen molar-refractivity contribution >= 4 is 12.2 Å². The molecule has 0 aliphatic heterocycles. The summed E-state index contributed by atoms with van der Waals surface area (Å²) in [5.74, 6) is 0.604. The molecule has 0 radical (unpaired) electrons. The molecule has 0 saturated carbocycles. The van der Waals surface area contributed by atoms with Crippen LogP contribution < -0.4 is 10.6 Å². The van der Waals surface area contributed by atoms with Gasteiger partial charge in [-0.15, -0.1) is 0 Å². The monoisotopic (exact) mass is 636 g/mol. The number of amides is 2. The van der Waals surface area contributed by atoms with E-state index in [4.69, 9.17) is 9.47 Å². The predicted octanol–water partition coefficient (Wildman–Crippen LogP) is 10.7. The molecule has 2 aliphatic rings. The first-order valence-corrected chi connectivity index (χ1v) is 17.9. The number of ether oxygens (including phenoxy) is 2. The van der Waals surface area contributed by atoms with Gasteiger partial charge in [0.05, 0.1) is 6.61 Å². The van der Waals surface area contributed by atoms with Gasteiger partial charge in [0.1, 0.15) is 5.60 Å². The number of alkyl carbamates (subject to hydrolysis) is 2. The quantitative estimate of drug-likeness (QED) is 0.130. The van der Waals surface area contributed by atoms with Crippen LogP contribution in [0.1, 0.15) is 126 Å². The number of nitrogens with one attached hydrogen (secondary N) is 2. The van der Waals surface area contributed by atoms with Crippen molar-refractivity contribution in [3.05, 3.63) is 71.9 Å². The molecule has 2 rings (SSSR count). The second kappa shape index (κ2) is 20.3. The Kier molecular flexibility index (Phi) is 17.3. The van der Waals surface area contributed by atoms with Gasteiger partial charge in [-0.1, -0.05) is 115 Å². The van der Waals surface area contributed by atoms with E-state index < -0.39 is 5.60 Å². The lowest BCUT2D eigenvalue weighted by Crippen LogP contribution is -2.39. The molecule has 46 heavy (non-hydrogen) atoms. The number of hydrogen-bond acceptors (Lipinski definition) is 4. The molecule has 3 atom stereocenters. The molecule has 2 aliphatic carbocycles. The highest BCUT2D eigenvalue weighted by molar-refractivity contribution is 5.68. The molecule has 0 aromatic heterocycles. The minimum atomic E-state index is -0.513. The second-order valence-electron chi connectivity index (χ2n) is 14.4. The molecular formula is C40H64N2O4. The van der Waals surface area contributed by atoms with Crippen LogP contribution in [0.25, 0.3) is 0 Å². The molecule has 0 aromatic rings. The van der Waals surface area contributed by atoms with Crippen LogP contribution in [0, 0.1) is 16.7 Å². The first kappa shape index (κ1) is 39.2. The topological polar surface area (TPSA) is 76.7 Å². The standard InChI is InChI=1S/C40H64N2O4/c1-8-38(6,26-27-39(7,9-2)46-37(44)42-31-35-23-17-13-14-18-24-35)32-40(10-3,29-33(4)5)25-19-20-28-45-36(43)41-30-34-21-15-11-12-16-22-34/h11-15,17,21-24,33H,8-10,16,18-20,25-32H2,1-7H3,(H,41,43)(H,42,44). The first-order valence-electron chi connectivity index (χ1n) is 17.9. The molecule has 2 N–H and O–H groups in total. The number of carbonyl (C=O) groups excluding carboxylic acids is 2. The van der Waals surface area contributed by atoms with E-state index in [2.05, 4.69) is 83.4 Å². The Bertz CT molecular complexity index is 1130. The Hall–Kier alpha value is -3.02. The first-order chi connectivity index (χ1) is 22.0. The van der Waals surface area contributed by atoms with E-state index in [0.29, 0.717) is 25.6 Å². The van der Waals surface area contributed by atoms with E-state index in [0.717, 1.165) is 81.8 Å². The molecule has 0 heterocycles. The van der Waals surface area contributed by atoms with E-state index in [1.165, 1.54) is 6.42 Å². The highest BCUT2D eigenvalue weighted by atomic mass is 16.6. The molecule has 6 heteroatoms. The van der Waals surface area contributed by atoms with Gasteiger partial charge in [-0.25, -0.2) is 9.59 Å². The van der Waals surface area contributed by atoms with Gasteiger partial charge in [-0.05, 0) is 99.0 Å². The molecule has 6 nitrogen and oxygen atoms in total. The summed E-state index contributed by atoms with van der Waals surface area (Å²) in [6.07, 6.45) is 31.8. The highest BCUT2D eigenvalue weighted by Crippen LogP contribution is 2.49. The Morgan fingerprint density at radius 1 is 0.783 bits per heavy atom. The van der Waals surface area contributed by atoms with Crippen LogP contribution in [-0.2, 0) is 9.47 Å². The van der Waals surface area contributed by atoms with Crippen LogP contribution in [0.3, 0.4) is 0 Å². The van der Waals surface area contributed by atoms with Gasteiger partial charge >= 0.3 is 12.2 Å². The molecule has 0 spiro atoms. The Morgan fingerprint density at radius 2 is 1.39 bits per heavy atom. The average molecular weight is 637 g/mol. The van der Waals surface area contributed by atoms with E-state index in [-0.39, 0.29) is 23.0 Å². The van der Waals surface area contributed by atoms with Crippen LogP contribution in [0.2, 0.25) is 0 Å². The van der Waals surface area contributed by atoms with Crippen LogP contribution in [0.5, 0.6) is 0 Å². The molecule has 0 fully saturated rings. The van der Waals surface area contributed by atoms with Crippen molar-refractivity contribution in [2.24, 2.45) is 16.7 Å². The summed E-state index contributed by atoms with van der Waals surface area (Å²) in [4.78, 5) is 25.1. The van der Waals surface area contributed by atoms with Crippen molar-refractivity contribution in [2.75, 3.05) is 19.7 Å². The maximum absolute atomic E-state index is 12.8. The molecule has 0 bridgehead atoms. The van der Waals surface area contributed by atoms with Gasteiger partial charge in [0.25, 0.3) is 0 Å². The fourth-order valence-electron chi connectivity index (χ4n) is 6.67. The summed E-state index contributed by atoms with van der Waals surface area (Å²) >= 11 is 0. The minimum Gasteiger partial charge on any atom is -0.450 e. The van der Waals surface area contributed by atoms with E-state index in [1.807, 2.05) is 36.5 Å². The molecule has 3 unspecified atom stereocenters. The summed E-state index contributed by atoms with van der Waals surface area (Å²) in [7, 11) is 0.